The number of rotatable bonds is 2. The van der Waals surface area contributed by atoms with E-state index in [0.29, 0.717) is 5.56 Å². The topological polar surface area (TPSA) is 53.1 Å². The molecule has 0 aliphatic heterocycles. The van der Waals surface area contributed by atoms with Crippen LogP contribution in [-0.2, 0) is 0 Å². The van der Waals surface area contributed by atoms with Crippen molar-refractivity contribution >= 4 is 33.2 Å². The Labute approximate surface area is 92.5 Å². The molecule has 0 aliphatic carbocycles. The van der Waals surface area contributed by atoms with Gasteiger partial charge < -0.3 is 10.1 Å². The van der Waals surface area contributed by atoms with E-state index < -0.39 is 5.97 Å². The van der Waals surface area contributed by atoms with Gasteiger partial charge in [-0.1, -0.05) is 0 Å². The second-order valence-electron chi connectivity index (χ2n) is 2.72. The van der Waals surface area contributed by atoms with Crippen LogP contribution in [0, 0.1) is 0 Å². The maximum absolute atomic E-state index is 10.8. The Kier molecular flexibility index (Phi) is 2.43. The fraction of sp³-hybridized carbons (Fsp3) is 0. The van der Waals surface area contributed by atoms with Crippen LogP contribution in [0.15, 0.2) is 28.3 Å². The highest BCUT2D eigenvalue weighted by atomic mass is 79.9. The molecule has 0 unspecified atom stereocenters. The van der Waals surface area contributed by atoms with Crippen LogP contribution >= 0.6 is 27.3 Å². The molecule has 2 N–H and O–H groups in total. The lowest BCUT2D eigenvalue weighted by molar-refractivity contribution is 0.0698. The van der Waals surface area contributed by atoms with Crippen LogP contribution in [0.25, 0.3) is 10.4 Å². The molecule has 0 saturated carbocycles. The van der Waals surface area contributed by atoms with E-state index in [-0.39, 0.29) is 0 Å². The van der Waals surface area contributed by atoms with Crippen molar-refractivity contribution in [1.82, 2.24) is 4.98 Å². The second kappa shape index (κ2) is 3.59. The molecular formula is C9H6BrNO2S. The molecule has 2 aromatic rings. The molecule has 72 valence electrons. The number of hydrogen-bond acceptors (Lipinski definition) is 2. The molecule has 0 atom stereocenters. The molecule has 2 heterocycles. The lowest BCUT2D eigenvalue weighted by atomic mass is 10.2. The average Bonchev–Trinajstić information content (AvgIpc) is 2.70. The van der Waals surface area contributed by atoms with Crippen LogP contribution in [0.3, 0.4) is 0 Å². The van der Waals surface area contributed by atoms with Gasteiger partial charge in [-0.3, -0.25) is 0 Å². The number of hydrogen-bond donors (Lipinski definition) is 2. The Morgan fingerprint density at radius 1 is 1.50 bits per heavy atom. The predicted octanol–water partition coefficient (Wildman–Crippen LogP) is 3.20. The third-order valence-electron chi connectivity index (χ3n) is 1.81. The SMILES string of the molecule is O=C(O)c1c[nH]cc1-c1cc(Br)cs1. The van der Waals surface area contributed by atoms with Crippen molar-refractivity contribution in [2.24, 2.45) is 0 Å². The van der Waals surface area contributed by atoms with Crippen LogP contribution in [0.4, 0.5) is 0 Å². The summed E-state index contributed by atoms with van der Waals surface area (Å²) in [7, 11) is 0. The summed E-state index contributed by atoms with van der Waals surface area (Å²) in [6.45, 7) is 0. The van der Waals surface area contributed by atoms with Crippen molar-refractivity contribution in [2.45, 2.75) is 0 Å². The van der Waals surface area contributed by atoms with E-state index in [2.05, 4.69) is 20.9 Å². The van der Waals surface area contributed by atoms with E-state index in [0.717, 1.165) is 14.9 Å². The summed E-state index contributed by atoms with van der Waals surface area (Å²) in [6.07, 6.45) is 3.19. The quantitative estimate of drug-likeness (QED) is 0.882. The first-order valence-electron chi connectivity index (χ1n) is 3.83. The van der Waals surface area contributed by atoms with Crippen molar-refractivity contribution in [3.05, 3.63) is 33.9 Å². The molecule has 5 heteroatoms. The molecule has 0 aromatic carbocycles. The molecular weight excluding hydrogens is 266 g/mol. The van der Waals surface area contributed by atoms with Crippen LogP contribution in [0.2, 0.25) is 0 Å². The monoisotopic (exact) mass is 271 g/mol. The summed E-state index contributed by atoms with van der Waals surface area (Å²) in [5, 5.41) is 10.8. The number of carboxylic acids is 1. The van der Waals surface area contributed by atoms with E-state index in [1.54, 1.807) is 6.20 Å². The maximum Gasteiger partial charge on any atom is 0.337 e. The van der Waals surface area contributed by atoms with Crippen molar-refractivity contribution in [1.29, 1.82) is 0 Å². The Morgan fingerprint density at radius 3 is 2.86 bits per heavy atom. The van der Waals surface area contributed by atoms with E-state index in [1.165, 1.54) is 17.5 Å². The molecule has 2 rings (SSSR count). The third kappa shape index (κ3) is 1.60. The van der Waals surface area contributed by atoms with Gasteiger partial charge in [-0.25, -0.2) is 4.79 Å². The van der Waals surface area contributed by atoms with E-state index >= 15 is 0 Å². The molecule has 0 fully saturated rings. The zero-order valence-corrected chi connectivity index (χ0v) is 9.35. The van der Waals surface area contributed by atoms with Crippen LogP contribution < -0.4 is 0 Å². The minimum absolute atomic E-state index is 0.305. The molecule has 14 heavy (non-hydrogen) atoms. The Balaban J connectivity index is 2.51. The molecule has 0 amide bonds. The summed E-state index contributed by atoms with van der Waals surface area (Å²) in [4.78, 5) is 14.6. The first kappa shape index (κ1) is 9.48. The van der Waals surface area contributed by atoms with Gasteiger partial charge in [0.15, 0.2) is 0 Å². The fourth-order valence-electron chi connectivity index (χ4n) is 1.20. The highest BCUT2D eigenvalue weighted by Crippen LogP contribution is 2.31. The number of nitrogens with one attached hydrogen (secondary N) is 1. The maximum atomic E-state index is 10.8. The summed E-state index contributed by atoms with van der Waals surface area (Å²) in [5.41, 5.74) is 1.03. The minimum Gasteiger partial charge on any atom is -0.478 e. The summed E-state index contributed by atoms with van der Waals surface area (Å²) < 4.78 is 0.968. The Bertz CT molecular complexity index is 475. The molecule has 0 saturated heterocycles. The van der Waals surface area contributed by atoms with Crippen LogP contribution in [-0.4, -0.2) is 16.1 Å². The van der Waals surface area contributed by atoms with Gasteiger partial charge in [0.2, 0.25) is 0 Å². The largest absolute Gasteiger partial charge is 0.478 e. The number of halogens is 1. The minimum atomic E-state index is -0.911. The van der Waals surface area contributed by atoms with Crippen LogP contribution in [0.1, 0.15) is 10.4 Å². The first-order chi connectivity index (χ1) is 6.68. The van der Waals surface area contributed by atoms with Crippen LogP contribution in [0.5, 0.6) is 0 Å². The van der Waals surface area contributed by atoms with E-state index in [1.807, 2.05) is 11.4 Å². The average molecular weight is 272 g/mol. The molecule has 0 aliphatic rings. The smallest absolute Gasteiger partial charge is 0.337 e. The van der Waals surface area contributed by atoms with Crippen molar-refractivity contribution in [3.8, 4) is 10.4 Å². The number of thiophene rings is 1. The molecule has 0 spiro atoms. The van der Waals surface area contributed by atoms with Gasteiger partial charge >= 0.3 is 5.97 Å². The summed E-state index contributed by atoms with van der Waals surface area (Å²) >= 11 is 4.84. The van der Waals surface area contributed by atoms with Gasteiger partial charge in [0, 0.05) is 32.7 Å². The number of carbonyl (C=O) groups is 1. The zero-order chi connectivity index (χ0) is 10.1. The molecule has 3 nitrogen and oxygen atoms in total. The lowest BCUT2D eigenvalue weighted by Crippen LogP contribution is -1.94. The first-order valence-corrected chi connectivity index (χ1v) is 5.50. The zero-order valence-electron chi connectivity index (χ0n) is 6.95. The normalized spacial score (nSPS) is 10.4. The highest BCUT2D eigenvalue weighted by molar-refractivity contribution is 9.10. The standard InChI is InChI=1S/C9H6BrNO2S/c10-5-1-8(14-4-5)6-2-11-3-7(6)9(12)13/h1-4,11H,(H,12,13). The number of aromatic carboxylic acids is 1. The number of aromatic nitrogens is 1. The summed E-state index contributed by atoms with van der Waals surface area (Å²) in [6, 6.07) is 1.90. The Hall–Kier alpha value is -1.07. The van der Waals surface area contributed by atoms with Gasteiger partial charge in [-0.15, -0.1) is 11.3 Å². The predicted molar refractivity (Wildman–Crippen MR) is 58.8 cm³/mol. The molecule has 2 aromatic heterocycles. The van der Waals surface area contributed by atoms with Gasteiger partial charge in [-0.2, -0.15) is 0 Å². The van der Waals surface area contributed by atoms with E-state index in [9.17, 15) is 4.79 Å². The highest BCUT2D eigenvalue weighted by Gasteiger charge is 2.13. The molecule has 0 radical (unpaired) electrons. The van der Waals surface area contributed by atoms with E-state index in [4.69, 9.17) is 5.11 Å². The van der Waals surface area contributed by atoms with Crippen molar-refractivity contribution < 1.29 is 9.90 Å². The Morgan fingerprint density at radius 2 is 2.29 bits per heavy atom. The van der Waals surface area contributed by atoms with Crippen molar-refractivity contribution in [2.75, 3.05) is 0 Å². The second-order valence-corrected chi connectivity index (χ2v) is 4.54. The number of aromatic amines is 1. The number of carboxylic acid groups (broad SMARTS) is 1. The summed E-state index contributed by atoms with van der Waals surface area (Å²) in [5.74, 6) is -0.911. The molecule has 0 bridgehead atoms. The number of H-pyrrole nitrogens is 1. The van der Waals surface area contributed by atoms with Gasteiger partial charge in [0.05, 0.1) is 5.56 Å². The van der Waals surface area contributed by atoms with Gasteiger partial charge in [0.1, 0.15) is 0 Å². The van der Waals surface area contributed by atoms with Crippen molar-refractivity contribution in [3.63, 3.8) is 0 Å². The van der Waals surface area contributed by atoms with Gasteiger partial charge in [0.25, 0.3) is 0 Å². The fourth-order valence-corrected chi connectivity index (χ4v) is 2.66. The third-order valence-corrected chi connectivity index (χ3v) is 3.53. The van der Waals surface area contributed by atoms with Gasteiger partial charge in [-0.05, 0) is 22.0 Å². The lowest BCUT2D eigenvalue weighted by Gasteiger charge is -1.94.